The maximum Gasteiger partial charge on any atom is 0.316 e. The average Bonchev–Trinajstić information content (AvgIpc) is 3.29. The highest BCUT2D eigenvalue weighted by Crippen LogP contribution is 2.68. The number of carbonyl (C=O) groups is 3. The number of aliphatic hydroxyl groups excluding tert-OH is 2. The Kier molecular flexibility index (Phi) is 16.2. The number of rotatable bonds is 9. The number of hydrogen-bond donors (Lipinski definition) is 4. The van der Waals surface area contributed by atoms with Crippen LogP contribution in [0.4, 0.5) is 0 Å². The molecule has 0 radical (unpaired) electrons. The zero-order valence-corrected chi connectivity index (χ0v) is 30.1. The van der Waals surface area contributed by atoms with E-state index in [0.29, 0.717) is 19.4 Å². The van der Waals surface area contributed by atoms with Gasteiger partial charge in [0.05, 0.1) is 11.9 Å². The summed E-state index contributed by atoms with van der Waals surface area (Å²) in [5, 5.41) is 22.2. The van der Waals surface area contributed by atoms with Gasteiger partial charge >= 0.3 is 5.97 Å². The van der Waals surface area contributed by atoms with Gasteiger partial charge < -0.3 is 43.9 Å². The van der Waals surface area contributed by atoms with Crippen LogP contribution < -0.4 is 23.5 Å². The Hall–Kier alpha value is -1.17. The number of aliphatic hydroxyl groups is 2. The molecule has 0 unspecified atom stereocenters. The van der Waals surface area contributed by atoms with E-state index in [1.807, 2.05) is 40.7 Å². The van der Waals surface area contributed by atoms with Crippen molar-refractivity contribution in [2.24, 2.45) is 39.9 Å². The normalized spacial score (nSPS) is 35.3. The summed E-state index contributed by atoms with van der Waals surface area (Å²) >= 11 is 1.45. The first-order valence-electron chi connectivity index (χ1n) is 15.8. The van der Waals surface area contributed by atoms with E-state index in [1.165, 1.54) is 11.8 Å². The monoisotopic (exact) mass is 664 g/mol. The van der Waals surface area contributed by atoms with Crippen molar-refractivity contribution >= 4 is 29.4 Å². The van der Waals surface area contributed by atoms with Gasteiger partial charge in [0.15, 0.2) is 6.04 Å². The zero-order chi connectivity index (χ0) is 32.3. The van der Waals surface area contributed by atoms with E-state index in [-0.39, 0.29) is 87.8 Å². The van der Waals surface area contributed by atoms with Crippen molar-refractivity contribution in [3.05, 3.63) is 12.7 Å². The van der Waals surface area contributed by atoms with Gasteiger partial charge in [0.1, 0.15) is 11.9 Å². The van der Waals surface area contributed by atoms with E-state index in [4.69, 9.17) is 9.84 Å². The summed E-state index contributed by atoms with van der Waals surface area (Å²) in [6.07, 6.45) is 4.22. The van der Waals surface area contributed by atoms with Gasteiger partial charge in [-0.3, -0.25) is 14.4 Å². The van der Waals surface area contributed by atoms with E-state index in [9.17, 15) is 19.5 Å². The third-order valence-corrected chi connectivity index (χ3v) is 12.3. The standard InChI is InChI=1S/C31H52N2O5S.C2H6O.ClH.H2O/c1-10-29(8)15-22(38-23(35)16-39-28(6,7)17-33-27(37)24(32)18(2)3)30(9)19(4)11-13-31(20(5)26(29)36)14-12-21(34)25(30)31;1-2-3;;/h10,18-20,22,24-26,36H,1,11-17,32H2,2-9H3,(H,33,37);3H,2H2,1H3;1H;1H2/t19-,20+,22-,24-,25+,26+,29-,30+,31+;;;/m1.../s1. The summed E-state index contributed by atoms with van der Waals surface area (Å²) in [5.74, 6) is 0.0290. The number of ether oxygens (including phenoxy) is 1. The van der Waals surface area contributed by atoms with Crippen LogP contribution in [0.15, 0.2) is 12.7 Å². The molecule has 3 aliphatic rings. The number of thioether (sulfide) groups is 1. The van der Waals surface area contributed by atoms with Crippen LogP contribution >= 0.6 is 11.8 Å². The third kappa shape index (κ3) is 8.59. The molecule has 3 aliphatic carbocycles. The fourth-order valence-electron chi connectivity index (χ4n) is 7.73. The van der Waals surface area contributed by atoms with E-state index in [1.54, 1.807) is 6.92 Å². The highest BCUT2D eigenvalue weighted by atomic mass is 35.5. The second-order valence-corrected chi connectivity index (χ2v) is 16.2. The first-order chi connectivity index (χ1) is 19.4. The van der Waals surface area contributed by atoms with Gasteiger partial charge in [-0.25, -0.2) is 0 Å². The highest BCUT2D eigenvalue weighted by Gasteiger charge is 2.68. The SMILES string of the molecule is C=C[C@]1(C)C[C@@H](OC(=O)CSC(C)(C)CNC(=O)[C@H]([NH3+])C(C)C)[C@]2(C)[C@H](C)CC[C@]3(CCC(=O)[C@H]32)[C@@H](C)[C@@H]1O.CCO.O.[Cl-]. The molecule has 3 rings (SSSR count). The molecule has 0 spiro atoms. The van der Waals surface area contributed by atoms with Gasteiger partial charge in [-0.2, -0.15) is 0 Å². The smallest absolute Gasteiger partial charge is 0.316 e. The van der Waals surface area contributed by atoms with E-state index in [0.717, 1.165) is 19.3 Å². The van der Waals surface area contributed by atoms with Gasteiger partial charge in [-0.05, 0) is 63.7 Å². The fourth-order valence-corrected chi connectivity index (χ4v) is 8.48. The second-order valence-electron chi connectivity index (χ2n) is 14.5. The van der Waals surface area contributed by atoms with E-state index >= 15 is 0 Å². The molecule has 2 bridgehead atoms. The van der Waals surface area contributed by atoms with Crippen molar-refractivity contribution in [3.8, 4) is 0 Å². The molecule has 11 heteroatoms. The first kappa shape index (κ1) is 42.8. The summed E-state index contributed by atoms with van der Waals surface area (Å²) in [7, 11) is 0. The minimum atomic E-state index is -0.679. The molecule has 0 aromatic carbocycles. The van der Waals surface area contributed by atoms with Crippen molar-refractivity contribution in [2.45, 2.75) is 117 Å². The van der Waals surface area contributed by atoms with Gasteiger partial charge in [-0.15, -0.1) is 18.3 Å². The lowest BCUT2D eigenvalue weighted by Gasteiger charge is -2.61. The summed E-state index contributed by atoms with van der Waals surface area (Å²) in [4.78, 5) is 39.3. The molecule has 8 N–H and O–H groups in total. The Morgan fingerprint density at radius 2 is 1.82 bits per heavy atom. The lowest BCUT2D eigenvalue weighted by molar-refractivity contribution is -0.414. The average molecular weight is 665 g/mol. The summed E-state index contributed by atoms with van der Waals surface area (Å²) in [5.41, 5.74) is 2.49. The van der Waals surface area contributed by atoms with Gasteiger partial charge in [0.25, 0.3) is 5.91 Å². The zero-order valence-electron chi connectivity index (χ0n) is 28.5. The molecule has 0 heterocycles. The van der Waals surface area contributed by atoms with Gasteiger partial charge in [0.2, 0.25) is 0 Å². The fraction of sp³-hybridized carbons (Fsp3) is 0.848. The molecule has 0 aliphatic heterocycles. The Balaban J connectivity index is 0.00000355. The number of ketones is 1. The quantitative estimate of drug-likeness (QED) is 0.198. The van der Waals surface area contributed by atoms with Crippen molar-refractivity contribution in [1.82, 2.24) is 5.32 Å². The summed E-state index contributed by atoms with van der Waals surface area (Å²) < 4.78 is 5.96. The van der Waals surface area contributed by atoms with Crippen LogP contribution in [0.3, 0.4) is 0 Å². The molecule has 0 saturated heterocycles. The van der Waals surface area contributed by atoms with Crippen molar-refractivity contribution < 1.29 is 53.0 Å². The van der Waals surface area contributed by atoms with E-state index < -0.39 is 23.0 Å². The number of halogens is 1. The number of carbonyl (C=O) groups excluding carboxylic acids is 3. The Bertz CT molecular complexity index is 997. The number of hydrogen-bond acceptors (Lipinski definition) is 7. The van der Waals surface area contributed by atoms with Crippen LogP contribution in [0.25, 0.3) is 0 Å². The number of quaternary nitrogens is 1. The van der Waals surface area contributed by atoms with Crippen LogP contribution in [0.5, 0.6) is 0 Å². The largest absolute Gasteiger partial charge is 1.00 e. The predicted molar refractivity (Wildman–Crippen MR) is 172 cm³/mol. The Morgan fingerprint density at radius 1 is 1.25 bits per heavy atom. The van der Waals surface area contributed by atoms with Crippen LogP contribution in [-0.4, -0.2) is 75.3 Å². The number of amides is 1. The maximum atomic E-state index is 13.5. The highest BCUT2D eigenvalue weighted by molar-refractivity contribution is 8.01. The first-order valence-corrected chi connectivity index (χ1v) is 16.7. The molecule has 9 atom stereocenters. The van der Waals surface area contributed by atoms with Crippen LogP contribution in [-0.2, 0) is 19.1 Å². The lowest BCUT2D eigenvalue weighted by atomic mass is 9.44. The minimum absolute atomic E-state index is 0. The molecule has 9 nitrogen and oxygen atoms in total. The topological polar surface area (TPSA) is 172 Å². The summed E-state index contributed by atoms with van der Waals surface area (Å²) in [6.45, 7) is 22.8. The van der Waals surface area contributed by atoms with Crippen LogP contribution in [0.2, 0.25) is 0 Å². The number of esters is 1. The van der Waals surface area contributed by atoms with E-state index in [2.05, 4.69) is 38.4 Å². The predicted octanol–water partition coefficient (Wildman–Crippen LogP) is -0.0347. The molecule has 3 fully saturated rings. The Morgan fingerprint density at radius 3 is 2.34 bits per heavy atom. The summed E-state index contributed by atoms with van der Waals surface area (Å²) in [6, 6.07) is -0.323. The van der Waals surface area contributed by atoms with Gasteiger partial charge in [-0.1, -0.05) is 47.6 Å². The Labute approximate surface area is 276 Å². The molecular formula is C33H61ClN2O7S. The minimum Gasteiger partial charge on any atom is -1.00 e. The molecule has 258 valence electrons. The van der Waals surface area contributed by atoms with Crippen molar-refractivity contribution in [3.63, 3.8) is 0 Å². The molecule has 44 heavy (non-hydrogen) atoms. The second kappa shape index (κ2) is 16.6. The molecule has 3 saturated carbocycles. The number of nitrogens with one attached hydrogen (secondary N) is 1. The lowest BCUT2D eigenvalue weighted by Crippen LogP contribution is -3.00. The van der Waals surface area contributed by atoms with Gasteiger partial charge in [0, 0.05) is 47.0 Å². The van der Waals surface area contributed by atoms with Crippen molar-refractivity contribution in [2.75, 3.05) is 18.9 Å². The molecule has 1 amide bonds. The molecular weight excluding hydrogens is 604 g/mol. The molecule has 0 aromatic rings. The maximum absolute atomic E-state index is 13.5. The van der Waals surface area contributed by atoms with Crippen LogP contribution in [0.1, 0.15) is 94.4 Å². The third-order valence-electron chi connectivity index (χ3n) is 11.0. The molecule has 0 aromatic heterocycles. The number of Topliss-reactive ketones (excluding diaryl/α,β-unsaturated/α-hetero) is 1. The van der Waals surface area contributed by atoms with Crippen LogP contribution in [0, 0.1) is 39.9 Å². The van der Waals surface area contributed by atoms with Crippen molar-refractivity contribution in [1.29, 1.82) is 0 Å².